The number of hydrogen-bond donors (Lipinski definition) is 2. The van der Waals surface area contributed by atoms with Crippen LogP contribution in [0.25, 0.3) is 0 Å². The predicted molar refractivity (Wildman–Crippen MR) is 63.9 cm³/mol. The van der Waals surface area contributed by atoms with Crippen LogP contribution in [0.3, 0.4) is 0 Å². The van der Waals surface area contributed by atoms with Gasteiger partial charge in [-0.2, -0.15) is 0 Å². The molecule has 0 rings (SSSR count). The molecule has 96 valence electrons. The SMILES string of the molecule is CCCC(C)CC(=O)NCOC(C)(C)CO. The van der Waals surface area contributed by atoms with Crippen molar-refractivity contribution in [2.24, 2.45) is 5.92 Å². The average Bonchev–Trinajstić information content (AvgIpc) is 2.17. The van der Waals surface area contributed by atoms with Crippen LogP contribution in [-0.2, 0) is 9.53 Å². The molecule has 0 aliphatic heterocycles. The first kappa shape index (κ1) is 15.4. The molecule has 0 saturated heterocycles. The number of aliphatic hydroxyl groups is 1. The molecule has 0 radical (unpaired) electrons. The number of amides is 1. The molecule has 0 aromatic carbocycles. The summed E-state index contributed by atoms with van der Waals surface area (Å²) in [5.74, 6) is 0.422. The average molecular weight is 231 g/mol. The first-order chi connectivity index (χ1) is 7.41. The van der Waals surface area contributed by atoms with E-state index in [1.54, 1.807) is 13.8 Å². The number of carbonyl (C=O) groups is 1. The minimum atomic E-state index is -0.595. The lowest BCUT2D eigenvalue weighted by molar-refractivity contribution is -0.127. The Labute approximate surface area is 98.4 Å². The van der Waals surface area contributed by atoms with Crippen LogP contribution in [0, 0.1) is 5.92 Å². The van der Waals surface area contributed by atoms with Crippen LogP contribution in [0.5, 0.6) is 0 Å². The highest BCUT2D eigenvalue weighted by Crippen LogP contribution is 2.09. The highest BCUT2D eigenvalue weighted by Gasteiger charge is 2.17. The third-order valence-corrected chi connectivity index (χ3v) is 2.43. The molecule has 0 aromatic rings. The molecular weight excluding hydrogens is 206 g/mol. The van der Waals surface area contributed by atoms with E-state index >= 15 is 0 Å². The summed E-state index contributed by atoms with van der Waals surface area (Å²) in [6.45, 7) is 7.83. The van der Waals surface area contributed by atoms with E-state index in [1.165, 1.54) is 0 Å². The van der Waals surface area contributed by atoms with Gasteiger partial charge in [0.25, 0.3) is 0 Å². The van der Waals surface area contributed by atoms with Crippen LogP contribution in [0.2, 0.25) is 0 Å². The van der Waals surface area contributed by atoms with Crippen LogP contribution in [0.1, 0.15) is 47.0 Å². The Hall–Kier alpha value is -0.610. The molecule has 0 aliphatic rings. The molecule has 2 N–H and O–H groups in total. The van der Waals surface area contributed by atoms with Crippen LogP contribution < -0.4 is 5.32 Å². The third kappa shape index (κ3) is 7.65. The summed E-state index contributed by atoms with van der Waals surface area (Å²) in [5, 5.41) is 11.6. The minimum absolute atomic E-state index is 0.00897. The van der Waals surface area contributed by atoms with Crippen molar-refractivity contribution in [1.82, 2.24) is 5.32 Å². The molecule has 0 fully saturated rings. The first-order valence-corrected chi connectivity index (χ1v) is 5.92. The van der Waals surface area contributed by atoms with Gasteiger partial charge in [0.2, 0.25) is 5.91 Å². The van der Waals surface area contributed by atoms with Gasteiger partial charge in [0, 0.05) is 6.42 Å². The molecular formula is C12H25NO3. The fourth-order valence-corrected chi connectivity index (χ4v) is 1.34. The van der Waals surface area contributed by atoms with Crippen molar-refractivity contribution in [3.63, 3.8) is 0 Å². The van der Waals surface area contributed by atoms with E-state index in [0.29, 0.717) is 12.3 Å². The van der Waals surface area contributed by atoms with Crippen molar-refractivity contribution in [1.29, 1.82) is 0 Å². The van der Waals surface area contributed by atoms with Crippen LogP contribution in [0.15, 0.2) is 0 Å². The molecule has 1 amide bonds. The van der Waals surface area contributed by atoms with E-state index in [2.05, 4.69) is 19.2 Å². The van der Waals surface area contributed by atoms with Gasteiger partial charge in [-0.25, -0.2) is 0 Å². The Bertz CT molecular complexity index is 204. The van der Waals surface area contributed by atoms with Crippen molar-refractivity contribution in [2.45, 2.75) is 52.6 Å². The largest absolute Gasteiger partial charge is 0.393 e. The lowest BCUT2D eigenvalue weighted by atomic mass is 10.0. The molecule has 4 nitrogen and oxygen atoms in total. The minimum Gasteiger partial charge on any atom is -0.393 e. The summed E-state index contributed by atoms with van der Waals surface area (Å²) >= 11 is 0. The summed E-state index contributed by atoms with van der Waals surface area (Å²) in [4.78, 5) is 11.4. The topological polar surface area (TPSA) is 58.6 Å². The maximum absolute atomic E-state index is 11.4. The van der Waals surface area contributed by atoms with Gasteiger partial charge in [-0.3, -0.25) is 4.79 Å². The van der Waals surface area contributed by atoms with Crippen molar-refractivity contribution < 1.29 is 14.6 Å². The molecule has 0 heterocycles. The highest BCUT2D eigenvalue weighted by molar-refractivity contribution is 5.75. The predicted octanol–water partition coefficient (Wildman–Crippen LogP) is 1.67. The smallest absolute Gasteiger partial charge is 0.222 e. The van der Waals surface area contributed by atoms with E-state index in [1.807, 2.05) is 0 Å². The highest BCUT2D eigenvalue weighted by atomic mass is 16.5. The summed E-state index contributed by atoms with van der Waals surface area (Å²) in [5.41, 5.74) is -0.595. The monoisotopic (exact) mass is 231 g/mol. The van der Waals surface area contributed by atoms with Crippen molar-refractivity contribution in [3.8, 4) is 0 Å². The maximum atomic E-state index is 11.4. The van der Waals surface area contributed by atoms with E-state index in [4.69, 9.17) is 9.84 Å². The Morgan fingerprint density at radius 3 is 2.62 bits per heavy atom. The number of carbonyl (C=O) groups excluding carboxylic acids is 1. The van der Waals surface area contributed by atoms with E-state index < -0.39 is 5.60 Å². The quantitative estimate of drug-likeness (QED) is 0.625. The first-order valence-electron chi connectivity index (χ1n) is 5.92. The zero-order chi connectivity index (χ0) is 12.6. The summed E-state index contributed by atoms with van der Waals surface area (Å²) in [6, 6.07) is 0. The molecule has 0 aromatic heterocycles. The van der Waals surface area contributed by atoms with Crippen molar-refractivity contribution in [3.05, 3.63) is 0 Å². The van der Waals surface area contributed by atoms with Gasteiger partial charge in [0.1, 0.15) is 6.73 Å². The van der Waals surface area contributed by atoms with Gasteiger partial charge in [0.05, 0.1) is 12.2 Å². The van der Waals surface area contributed by atoms with Crippen molar-refractivity contribution >= 4 is 5.91 Å². The number of ether oxygens (including phenoxy) is 1. The van der Waals surface area contributed by atoms with Gasteiger partial charge in [0.15, 0.2) is 0 Å². The van der Waals surface area contributed by atoms with Gasteiger partial charge >= 0.3 is 0 Å². The zero-order valence-electron chi connectivity index (χ0n) is 10.9. The standard InChI is InChI=1S/C12H25NO3/c1-5-6-10(2)7-11(15)13-9-16-12(3,4)8-14/h10,14H,5-9H2,1-4H3,(H,13,15). The van der Waals surface area contributed by atoms with Crippen LogP contribution >= 0.6 is 0 Å². The van der Waals surface area contributed by atoms with Gasteiger partial charge in [-0.05, 0) is 19.8 Å². The number of hydrogen-bond acceptors (Lipinski definition) is 3. The second-order valence-corrected chi connectivity index (χ2v) is 4.90. The van der Waals surface area contributed by atoms with Crippen LogP contribution in [0.4, 0.5) is 0 Å². The summed E-state index contributed by atoms with van der Waals surface area (Å²) < 4.78 is 5.31. The normalized spacial score (nSPS) is 13.6. The van der Waals surface area contributed by atoms with E-state index in [9.17, 15) is 4.79 Å². The Balaban J connectivity index is 3.66. The number of nitrogens with one attached hydrogen (secondary N) is 1. The summed E-state index contributed by atoms with van der Waals surface area (Å²) in [7, 11) is 0. The zero-order valence-corrected chi connectivity index (χ0v) is 10.9. The maximum Gasteiger partial charge on any atom is 0.222 e. The lowest BCUT2D eigenvalue weighted by Gasteiger charge is -2.22. The molecule has 1 unspecified atom stereocenters. The molecule has 0 aliphatic carbocycles. The molecule has 4 heteroatoms. The number of rotatable bonds is 8. The van der Waals surface area contributed by atoms with Crippen LogP contribution in [-0.4, -0.2) is 30.0 Å². The molecule has 0 bridgehead atoms. The van der Waals surface area contributed by atoms with Crippen molar-refractivity contribution in [2.75, 3.05) is 13.3 Å². The van der Waals surface area contributed by atoms with E-state index in [-0.39, 0.29) is 19.2 Å². The lowest BCUT2D eigenvalue weighted by Crippen LogP contribution is -2.36. The van der Waals surface area contributed by atoms with Gasteiger partial charge < -0.3 is 15.2 Å². The Morgan fingerprint density at radius 2 is 2.12 bits per heavy atom. The van der Waals surface area contributed by atoms with E-state index in [0.717, 1.165) is 12.8 Å². The Kier molecular flexibility index (Phi) is 7.34. The fraction of sp³-hybridized carbons (Fsp3) is 0.917. The number of aliphatic hydroxyl groups excluding tert-OH is 1. The molecule has 1 atom stereocenters. The van der Waals surface area contributed by atoms with Gasteiger partial charge in [-0.15, -0.1) is 0 Å². The third-order valence-electron chi connectivity index (χ3n) is 2.43. The summed E-state index contributed by atoms with van der Waals surface area (Å²) in [6.07, 6.45) is 2.70. The molecule has 0 spiro atoms. The second kappa shape index (κ2) is 7.63. The molecule has 0 saturated carbocycles. The fourth-order valence-electron chi connectivity index (χ4n) is 1.34. The van der Waals surface area contributed by atoms with Gasteiger partial charge in [-0.1, -0.05) is 26.7 Å². The second-order valence-electron chi connectivity index (χ2n) is 4.90. The Morgan fingerprint density at radius 1 is 1.50 bits per heavy atom. The molecule has 16 heavy (non-hydrogen) atoms.